The van der Waals surface area contributed by atoms with Gasteiger partial charge in [0.2, 0.25) is 0 Å². The number of hydrogen-bond acceptors (Lipinski definition) is 0. The minimum absolute atomic E-state index is 0. The molecule has 296 valence electrons. The maximum Gasteiger partial charge on any atom is -0.0487 e. The monoisotopic (exact) mass is 986 g/mol. The van der Waals surface area contributed by atoms with E-state index in [0.29, 0.717) is 0 Å². The fourth-order valence-electron chi connectivity index (χ4n) is 6.04. The van der Waals surface area contributed by atoms with Crippen molar-refractivity contribution in [1.82, 2.24) is 0 Å². The number of aryl methyl sites for hydroxylation is 8. The van der Waals surface area contributed by atoms with Crippen LogP contribution >= 0.6 is 0 Å². The molecule has 0 amide bonds. The van der Waals surface area contributed by atoms with E-state index in [1.165, 1.54) is 89.0 Å². The van der Waals surface area contributed by atoms with E-state index in [2.05, 4.69) is 227 Å². The van der Waals surface area contributed by atoms with Crippen LogP contribution in [0, 0.1) is 79.7 Å². The van der Waals surface area contributed by atoms with Gasteiger partial charge in [-0.3, -0.25) is 0 Å². The topological polar surface area (TPSA) is 0 Å². The Morgan fingerprint density at radius 1 is 0.328 bits per heavy atom. The van der Waals surface area contributed by atoms with E-state index >= 15 is 0 Å². The minimum atomic E-state index is 0. The van der Waals surface area contributed by atoms with Crippen molar-refractivity contribution in [3.05, 3.63) is 190 Å². The van der Waals surface area contributed by atoms with Gasteiger partial charge >= 0.3 is 83.7 Å². The Morgan fingerprint density at radius 3 is 0.655 bits per heavy atom. The molecule has 0 aromatic carbocycles. The van der Waals surface area contributed by atoms with Gasteiger partial charge in [0.15, 0.2) is 0 Å². The zero-order valence-corrected chi connectivity index (χ0v) is 44.7. The fraction of sp³-hybridized carbons (Fsp3) is 0.231. The van der Waals surface area contributed by atoms with Crippen molar-refractivity contribution in [2.24, 2.45) is 0 Å². The molecule has 0 saturated heterocycles. The summed E-state index contributed by atoms with van der Waals surface area (Å²) in [6.45, 7) is 26.1. The summed E-state index contributed by atoms with van der Waals surface area (Å²) < 4.78 is 0. The van der Waals surface area contributed by atoms with Gasteiger partial charge in [0.25, 0.3) is 0 Å². The van der Waals surface area contributed by atoms with Gasteiger partial charge in [-0.2, -0.15) is 46.5 Å². The summed E-state index contributed by atoms with van der Waals surface area (Å²) in [5.74, 6) is 0. The van der Waals surface area contributed by atoms with Crippen LogP contribution in [0.3, 0.4) is 0 Å². The number of halogens is 2. The zero-order valence-electron chi connectivity index (χ0n) is 36.3. The predicted molar refractivity (Wildman–Crippen MR) is 240 cm³/mol. The van der Waals surface area contributed by atoms with Crippen LogP contribution in [0.15, 0.2) is 121 Å². The molecular formula is C52H56Cl2Si2Zr2-2. The van der Waals surface area contributed by atoms with Gasteiger partial charge in [0, 0.05) is 0 Å². The van der Waals surface area contributed by atoms with E-state index in [1.54, 1.807) is 46.7 Å². The number of fused-ring (bicyclic) bond motifs is 4. The molecule has 0 saturated carbocycles. The maximum atomic E-state index is 3.32. The molecule has 8 aliphatic carbocycles. The third-order valence-electron chi connectivity index (χ3n) is 8.51. The third kappa shape index (κ3) is 18.5. The fourth-order valence-corrected chi connectivity index (χ4v) is 6.04. The Balaban J connectivity index is 0.000000360. The second-order valence-electron chi connectivity index (χ2n) is 14.7. The average molecular weight is 991 g/mol. The molecule has 8 rings (SSSR count). The first-order valence-corrected chi connectivity index (χ1v) is 31.5. The van der Waals surface area contributed by atoms with Crippen LogP contribution in [0.1, 0.15) is 44.5 Å². The Morgan fingerprint density at radius 2 is 0.483 bits per heavy atom. The number of rotatable bonds is 0. The van der Waals surface area contributed by atoms with E-state index in [9.17, 15) is 0 Å². The van der Waals surface area contributed by atoms with Crippen molar-refractivity contribution >= 4 is 10.9 Å². The van der Waals surface area contributed by atoms with Gasteiger partial charge in [0.05, 0.1) is 0 Å². The molecule has 0 bridgehead atoms. The standard InChI is InChI=1S/4C12H11.2C2H6Si.2ClH.2Zr/c4*1-9-7-11-6-4-3-5-10(2)12(11)8-9;2*1-3-2;;;;/h4*3-6,8H,1-2H3;2*1-2H3;2*1H;;/q4*-1;;;;;2*+2/p-2. The van der Waals surface area contributed by atoms with Crippen molar-refractivity contribution < 1.29 is 71.5 Å². The van der Waals surface area contributed by atoms with Crippen LogP contribution in [-0.2, 0) is 46.7 Å². The van der Waals surface area contributed by atoms with E-state index in [1.807, 2.05) is 0 Å². The first kappa shape index (κ1) is 53.6. The van der Waals surface area contributed by atoms with Crippen LogP contribution in [0.25, 0.3) is 44.5 Å². The van der Waals surface area contributed by atoms with Gasteiger partial charge in [-0.15, -0.1) is 117 Å². The van der Waals surface area contributed by atoms with E-state index in [4.69, 9.17) is 0 Å². The molecule has 0 aromatic rings. The van der Waals surface area contributed by atoms with Gasteiger partial charge in [-0.1, -0.05) is 98.5 Å². The Bertz CT molecular complexity index is 2020. The smallest absolute Gasteiger partial charge is 0.0487 e. The normalized spacial score (nSPS) is 9.66. The maximum absolute atomic E-state index is 3.32. The third-order valence-corrected chi connectivity index (χ3v) is 8.51. The van der Waals surface area contributed by atoms with Crippen LogP contribution in [-0.4, -0.2) is 10.9 Å². The summed E-state index contributed by atoms with van der Waals surface area (Å²) in [6, 6.07) is 55.5. The largest absolute Gasteiger partial charge is 1.00 e. The molecule has 6 heteroatoms. The molecule has 0 unspecified atom stereocenters. The first-order valence-electron chi connectivity index (χ1n) is 19.1. The van der Waals surface area contributed by atoms with Crippen LogP contribution in [0.5, 0.6) is 0 Å². The second kappa shape index (κ2) is 27.4. The number of hydrogen-bond donors (Lipinski definition) is 0. The van der Waals surface area contributed by atoms with Crippen molar-refractivity contribution in [1.29, 1.82) is 0 Å². The predicted octanol–water partition coefficient (Wildman–Crippen LogP) is 8.41. The van der Waals surface area contributed by atoms with Gasteiger partial charge < -0.3 is 24.8 Å². The molecular weight excluding hydrogens is 934 g/mol. The Hall–Kier alpha value is -2.42. The van der Waals surface area contributed by atoms with E-state index in [0.717, 1.165) is 0 Å². The summed E-state index contributed by atoms with van der Waals surface area (Å²) in [5.41, 5.74) is 20.7. The molecule has 58 heavy (non-hydrogen) atoms. The summed E-state index contributed by atoms with van der Waals surface area (Å²) >= 11 is 3.48. The Labute approximate surface area is 394 Å². The molecule has 0 aliphatic heterocycles. The van der Waals surface area contributed by atoms with Crippen LogP contribution in [0.4, 0.5) is 0 Å². The minimum Gasteiger partial charge on any atom is -1.00 e. The zero-order chi connectivity index (χ0) is 41.4. The summed E-state index contributed by atoms with van der Waals surface area (Å²) in [4.78, 5) is 0. The summed E-state index contributed by atoms with van der Waals surface area (Å²) in [6.07, 6.45) is 0. The SMILES string of the molecule is C[Si](C)=[Zr+2].C[Si](C)=[Zr+2].Cc1[c-]c2ccccc(C)c-2c1.Cc1[c-]c2ccccc(C)c-2c1.Cc1[c-]c2ccccc(C)c-2c1.Cc1[c-]c2ccccc(C)c-2c1.[Cl-].[Cl-]. The van der Waals surface area contributed by atoms with E-state index < -0.39 is 0 Å². The molecule has 0 heterocycles. The van der Waals surface area contributed by atoms with Crippen molar-refractivity contribution in [2.45, 2.75) is 81.6 Å². The molecule has 8 aliphatic rings. The van der Waals surface area contributed by atoms with Crippen molar-refractivity contribution in [3.63, 3.8) is 0 Å². The average Bonchev–Trinajstić information content (AvgIpc) is 3.79. The molecule has 0 aromatic heterocycles. The van der Waals surface area contributed by atoms with E-state index in [-0.39, 0.29) is 35.7 Å². The van der Waals surface area contributed by atoms with Crippen LogP contribution in [0.2, 0.25) is 26.2 Å². The summed E-state index contributed by atoms with van der Waals surface area (Å²) in [7, 11) is 0. The Kier molecular flexibility index (Phi) is 25.3. The van der Waals surface area contributed by atoms with Gasteiger partial charge in [-0.25, -0.2) is 0 Å². The molecule has 0 atom stereocenters. The molecule has 0 N–H and O–H groups in total. The van der Waals surface area contributed by atoms with Crippen LogP contribution < -0.4 is 24.8 Å². The van der Waals surface area contributed by atoms with Crippen molar-refractivity contribution in [3.8, 4) is 44.5 Å². The van der Waals surface area contributed by atoms with Crippen molar-refractivity contribution in [2.75, 3.05) is 0 Å². The second-order valence-corrected chi connectivity index (χ2v) is 33.5. The summed E-state index contributed by atoms with van der Waals surface area (Å²) in [5, 5.41) is 0. The van der Waals surface area contributed by atoms with Gasteiger partial charge in [0.1, 0.15) is 0 Å². The van der Waals surface area contributed by atoms with Gasteiger partial charge in [-0.05, 0) is 27.7 Å². The quantitative estimate of drug-likeness (QED) is 0.106. The molecule has 0 fully saturated rings. The first-order chi connectivity index (χ1) is 26.5. The molecule has 0 radical (unpaired) electrons. The molecule has 0 nitrogen and oxygen atoms in total. The molecule has 0 spiro atoms.